The fourth-order valence-electron chi connectivity index (χ4n) is 2.41. The minimum absolute atomic E-state index is 0.0263. The van der Waals surface area contributed by atoms with Crippen LogP contribution in [0.25, 0.3) is 0 Å². The highest BCUT2D eigenvalue weighted by Crippen LogP contribution is 2.31. The van der Waals surface area contributed by atoms with Crippen LogP contribution >= 0.6 is 11.6 Å². The third kappa shape index (κ3) is 5.23. The zero-order valence-electron chi connectivity index (χ0n) is 14.4. The molecule has 0 fully saturated rings. The molecule has 0 unspecified atom stereocenters. The minimum atomic E-state index is -4.61. The van der Waals surface area contributed by atoms with Crippen molar-refractivity contribution in [3.63, 3.8) is 0 Å². The van der Waals surface area contributed by atoms with Crippen molar-refractivity contribution < 1.29 is 26.4 Å². The first-order chi connectivity index (χ1) is 12.4. The predicted octanol–water partition coefficient (Wildman–Crippen LogP) is 3.69. The SMILES string of the molecule is CC[C@H](CS(=O)(=O)c1cc(C(=O)Nc2ccnc(Cl)c2)n(C)c1)C(F)(F)F. The van der Waals surface area contributed by atoms with E-state index in [1.165, 1.54) is 36.9 Å². The number of rotatable bonds is 6. The van der Waals surface area contributed by atoms with Crippen LogP contribution in [-0.2, 0) is 16.9 Å². The second kappa shape index (κ2) is 7.89. The van der Waals surface area contributed by atoms with E-state index in [1.54, 1.807) is 0 Å². The third-order valence-corrected chi connectivity index (χ3v) is 5.92. The highest BCUT2D eigenvalue weighted by molar-refractivity contribution is 7.91. The number of hydrogen-bond acceptors (Lipinski definition) is 4. The summed E-state index contributed by atoms with van der Waals surface area (Å²) in [5.74, 6) is -3.68. The average Bonchev–Trinajstić information content (AvgIpc) is 2.94. The standard InChI is InChI=1S/C16H17ClF3N3O3S/c1-3-10(16(18,19)20)9-27(25,26)12-7-13(23(2)8-12)15(24)22-11-4-5-21-14(17)6-11/h4-8,10H,3,9H2,1-2H3,(H,21,22,24)/t10-/m1/s1. The van der Waals surface area contributed by atoms with E-state index in [1.807, 2.05) is 0 Å². The number of alkyl halides is 3. The molecule has 2 aromatic rings. The molecule has 11 heteroatoms. The molecule has 2 aromatic heterocycles. The highest BCUT2D eigenvalue weighted by Gasteiger charge is 2.41. The van der Waals surface area contributed by atoms with Gasteiger partial charge in [0.15, 0.2) is 9.84 Å². The van der Waals surface area contributed by atoms with Gasteiger partial charge in [0.2, 0.25) is 0 Å². The first-order valence-electron chi connectivity index (χ1n) is 7.82. The monoisotopic (exact) mass is 423 g/mol. The first-order valence-corrected chi connectivity index (χ1v) is 9.85. The van der Waals surface area contributed by atoms with E-state index >= 15 is 0 Å². The van der Waals surface area contributed by atoms with E-state index < -0.39 is 33.6 Å². The van der Waals surface area contributed by atoms with Gasteiger partial charge in [-0.2, -0.15) is 13.2 Å². The molecule has 0 saturated heterocycles. The van der Waals surface area contributed by atoms with Crippen molar-refractivity contribution in [2.24, 2.45) is 13.0 Å². The smallest absolute Gasteiger partial charge is 0.345 e. The number of halogens is 4. The summed E-state index contributed by atoms with van der Waals surface area (Å²) in [5, 5.41) is 2.68. The molecule has 148 valence electrons. The van der Waals surface area contributed by atoms with Gasteiger partial charge in [-0.05, 0) is 24.6 Å². The molecule has 0 spiro atoms. The number of carbonyl (C=O) groups excluding carboxylic acids is 1. The van der Waals surface area contributed by atoms with Crippen molar-refractivity contribution >= 4 is 33.0 Å². The van der Waals surface area contributed by atoms with E-state index in [2.05, 4.69) is 10.3 Å². The lowest BCUT2D eigenvalue weighted by Gasteiger charge is -2.17. The van der Waals surface area contributed by atoms with Gasteiger partial charge >= 0.3 is 6.18 Å². The Kier molecular flexibility index (Phi) is 6.21. The van der Waals surface area contributed by atoms with Crippen LogP contribution in [0, 0.1) is 5.92 Å². The highest BCUT2D eigenvalue weighted by atomic mass is 35.5. The van der Waals surface area contributed by atoms with Gasteiger partial charge in [-0.1, -0.05) is 18.5 Å². The van der Waals surface area contributed by atoms with Gasteiger partial charge in [0.05, 0.1) is 16.6 Å². The number of aromatic nitrogens is 2. The molecular formula is C16H17ClF3N3O3S. The molecule has 6 nitrogen and oxygen atoms in total. The maximum absolute atomic E-state index is 12.9. The maximum atomic E-state index is 12.9. The van der Waals surface area contributed by atoms with Crippen LogP contribution in [0.15, 0.2) is 35.5 Å². The molecule has 0 aliphatic carbocycles. The predicted molar refractivity (Wildman–Crippen MR) is 94.5 cm³/mol. The Bertz CT molecular complexity index is 942. The summed E-state index contributed by atoms with van der Waals surface area (Å²) < 4.78 is 64.7. The third-order valence-electron chi connectivity index (χ3n) is 3.93. The molecule has 2 rings (SSSR count). The lowest BCUT2D eigenvalue weighted by Crippen LogP contribution is -2.29. The molecule has 2 heterocycles. The summed E-state index contributed by atoms with van der Waals surface area (Å²) >= 11 is 5.73. The zero-order chi connectivity index (χ0) is 20.4. The molecule has 0 aliphatic heterocycles. The zero-order valence-corrected chi connectivity index (χ0v) is 16.0. The number of amides is 1. The van der Waals surface area contributed by atoms with Crippen LogP contribution in [-0.4, -0.2) is 35.8 Å². The Hall–Kier alpha value is -2.07. The van der Waals surface area contributed by atoms with Gasteiger partial charge in [-0.3, -0.25) is 4.79 Å². The molecule has 1 N–H and O–H groups in total. The number of carbonyl (C=O) groups is 1. The van der Waals surface area contributed by atoms with Gasteiger partial charge in [0, 0.05) is 25.1 Å². The van der Waals surface area contributed by atoms with Crippen molar-refractivity contribution in [2.75, 3.05) is 11.1 Å². The molecular weight excluding hydrogens is 407 g/mol. The van der Waals surface area contributed by atoms with E-state index in [-0.39, 0.29) is 22.2 Å². The number of nitrogens with one attached hydrogen (secondary N) is 1. The van der Waals surface area contributed by atoms with Crippen LogP contribution in [0.5, 0.6) is 0 Å². The Balaban J connectivity index is 2.25. The van der Waals surface area contributed by atoms with Crippen LogP contribution in [0.1, 0.15) is 23.8 Å². The Morgan fingerprint density at radius 1 is 1.37 bits per heavy atom. The fourth-order valence-corrected chi connectivity index (χ4v) is 4.34. The quantitative estimate of drug-likeness (QED) is 0.718. The van der Waals surface area contributed by atoms with E-state index in [9.17, 15) is 26.4 Å². The molecule has 0 aromatic carbocycles. The molecule has 0 bridgehead atoms. The number of aryl methyl sites for hydroxylation is 1. The summed E-state index contributed by atoms with van der Waals surface area (Å²) in [7, 11) is -2.80. The molecule has 1 atom stereocenters. The molecule has 1 amide bonds. The van der Waals surface area contributed by atoms with Crippen LogP contribution < -0.4 is 5.32 Å². The summed E-state index contributed by atoms with van der Waals surface area (Å²) in [6, 6.07) is 3.94. The van der Waals surface area contributed by atoms with Crippen LogP contribution in [0.2, 0.25) is 5.15 Å². The van der Waals surface area contributed by atoms with E-state index in [0.29, 0.717) is 5.69 Å². The maximum Gasteiger partial charge on any atom is 0.392 e. The second-order valence-corrected chi connectivity index (χ2v) is 8.34. The van der Waals surface area contributed by atoms with Crippen molar-refractivity contribution in [1.29, 1.82) is 0 Å². The largest absolute Gasteiger partial charge is 0.392 e. The normalized spacial score (nSPS) is 13.4. The topological polar surface area (TPSA) is 81.1 Å². The second-order valence-electron chi connectivity index (χ2n) is 5.92. The van der Waals surface area contributed by atoms with Gasteiger partial charge in [-0.15, -0.1) is 0 Å². The lowest BCUT2D eigenvalue weighted by atomic mass is 10.1. The first kappa shape index (κ1) is 21.2. The molecule has 0 saturated carbocycles. The fraction of sp³-hybridized carbons (Fsp3) is 0.375. The Labute approximate surface area is 159 Å². The minimum Gasteiger partial charge on any atom is -0.345 e. The van der Waals surface area contributed by atoms with Crippen molar-refractivity contribution in [1.82, 2.24) is 9.55 Å². The summed E-state index contributed by atoms with van der Waals surface area (Å²) in [5.41, 5.74) is 0.315. The Morgan fingerprint density at radius 3 is 2.59 bits per heavy atom. The molecule has 27 heavy (non-hydrogen) atoms. The summed E-state index contributed by atoms with van der Waals surface area (Å²) in [4.78, 5) is 15.8. The van der Waals surface area contributed by atoms with Gasteiger partial charge in [-0.25, -0.2) is 13.4 Å². The lowest BCUT2D eigenvalue weighted by molar-refractivity contribution is -0.168. The Morgan fingerprint density at radius 2 is 2.04 bits per heavy atom. The van der Waals surface area contributed by atoms with Gasteiger partial charge in [0.25, 0.3) is 5.91 Å². The number of nitrogens with zero attached hydrogens (tertiary/aromatic N) is 2. The van der Waals surface area contributed by atoms with Crippen molar-refractivity contribution in [2.45, 2.75) is 24.4 Å². The number of sulfone groups is 1. The van der Waals surface area contributed by atoms with Crippen molar-refractivity contribution in [3.05, 3.63) is 41.4 Å². The van der Waals surface area contributed by atoms with Crippen LogP contribution in [0.3, 0.4) is 0 Å². The number of anilines is 1. The molecule has 0 radical (unpaired) electrons. The average molecular weight is 424 g/mol. The summed E-state index contributed by atoms with van der Waals surface area (Å²) in [6.07, 6.45) is -2.48. The van der Waals surface area contributed by atoms with Gasteiger partial charge in [0.1, 0.15) is 10.8 Å². The van der Waals surface area contributed by atoms with Gasteiger partial charge < -0.3 is 9.88 Å². The van der Waals surface area contributed by atoms with E-state index in [0.717, 1.165) is 12.3 Å². The van der Waals surface area contributed by atoms with Crippen molar-refractivity contribution in [3.8, 4) is 0 Å². The number of hydrogen-bond donors (Lipinski definition) is 1. The summed E-state index contributed by atoms with van der Waals surface area (Å²) in [6.45, 7) is 1.28. The van der Waals surface area contributed by atoms with Crippen LogP contribution in [0.4, 0.5) is 18.9 Å². The molecule has 0 aliphatic rings. The van der Waals surface area contributed by atoms with E-state index in [4.69, 9.17) is 11.6 Å². The number of pyridine rings is 1.